The van der Waals surface area contributed by atoms with Gasteiger partial charge in [-0.2, -0.15) is 13.2 Å². The Morgan fingerprint density at radius 1 is 0.895 bits per heavy atom. The highest BCUT2D eigenvalue weighted by molar-refractivity contribution is 5.81. The van der Waals surface area contributed by atoms with Crippen LogP contribution >= 0.6 is 0 Å². The highest BCUT2D eigenvalue weighted by Gasteiger charge is 2.31. The predicted molar refractivity (Wildman–Crippen MR) is 134 cm³/mol. The molecule has 194 valence electrons. The maximum atomic E-state index is 12.9. The number of rotatable bonds is 7. The van der Waals surface area contributed by atoms with E-state index in [-0.39, 0.29) is 18.9 Å². The molecule has 3 aromatic carbocycles. The van der Waals surface area contributed by atoms with E-state index < -0.39 is 29.8 Å². The third-order valence-corrected chi connectivity index (χ3v) is 6.65. The van der Waals surface area contributed by atoms with Crippen LogP contribution in [-0.2, 0) is 22.1 Å². The molecule has 0 saturated heterocycles. The number of carbonyl (C=O) groups excluding carboxylic acids is 1. The number of hydrogen-bond acceptors (Lipinski definition) is 3. The summed E-state index contributed by atoms with van der Waals surface area (Å²) in [5, 5.41) is 12.2. The molecular formula is C29H23F3N2O4. The fraction of sp³-hybridized carbons (Fsp3) is 0.172. The molecule has 38 heavy (non-hydrogen) atoms. The molecule has 9 heteroatoms. The van der Waals surface area contributed by atoms with E-state index in [1.807, 2.05) is 48.5 Å². The monoisotopic (exact) mass is 520 g/mol. The SMILES string of the molecule is O=C(NC(Cc1cccn1-c1ccc(C(F)(F)F)cc1)C(=O)O)OCC1c2ccccc2-c2ccccc21. The zero-order valence-electron chi connectivity index (χ0n) is 20.0. The number of carbonyl (C=O) groups is 2. The van der Waals surface area contributed by atoms with E-state index in [2.05, 4.69) is 5.32 Å². The molecule has 4 aromatic rings. The Kier molecular flexibility index (Phi) is 6.67. The summed E-state index contributed by atoms with van der Waals surface area (Å²) >= 11 is 0. The van der Waals surface area contributed by atoms with E-state index in [9.17, 15) is 27.9 Å². The number of amides is 1. The van der Waals surface area contributed by atoms with Gasteiger partial charge in [-0.25, -0.2) is 9.59 Å². The van der Waals surface area contributed by atoms with E-state index in [0.717, 1.165) is 34.4 Å². The zero-order chi connectivity index (χ0) is 26.9. The van der Waals surface area contributed by atoms with Crippen LogP contribution in [0.4, 0.5) is 18.0 Å². The van der Waals surface area contributed by atoms with Crippen LogP contribution in [0.15, 0.2) is 91.1 Å². The average molecular weight is 521 g/mol. The Morgan fingerprint density at radius 3 is 2.08 bits per heavy atom. The minimum atomic E-state index is -4.46. The van der Waals surface area contributed by atoms with Gasteiger partial charge in [-0.15, -0.1) is 0 Å². The van der Waals surface area contributed by atoms with Crippen molar-refractivity contribution in [3.8, 4) is 16.8 Å². The van der Waals surface area contributed by atoms with Crippen molar-refractivity contribution in [1.82, 2.24) is 9.88 Å². The van der Waals surface area contributed by atoms with E-state index >= 15 is 0 Å². The molecule has 2 N–H and O–H groups in total. The molecule has 0 bridgehead atoms. The molecule has 0 fully saturated rings. The molecule has 1 atom stereocenters. The molecule has 5 rings (SSSR count). The highest BCUT2D eigenvalue weighted by atomic mass is 19.4. The minimum Gasteiger partial charge on any atom is -0.480 e. The molecular weight excluding hydrogens is 497 g/mol. The first-order chi connectivity index (χ1) is 18.2. The van der Waals surface area contributed by atoms with Crippen LogP contribution in [0, 0.1) is 0 Å². The maximum Gasteiger partial charge on any atom is 0.416 e. The molecule has 0 aliphatic heterocycles. The highest BCUT2D eigenvalue weighted by Crippen LogP contribution is 2.44. The number of ether oxygens (including phenoxy) is 1. The number of alkyl halides is 3. The number of nitrogens with zero attached hydrogens (tertiary/aromatic N) is 1. The lowest BCUT2D eigenvalue weighted by molar-refractivity contribution is -0.139. The number of alkyl carbamates (subject to hydrolysis) is 1. The number of hydrogen-bond donors (Lipinski definition) is 2. The summed E-state index contributed by atoms with van der Waals surface area (Å²) < 4.78 is 45.8. The van der Waals surface area contributed by atoms with E-state index in [1.165, 1.54) is 12.1 Å². The molecule has 1 heterocycles. The number of nitrogens with one attached hydrogen (secondary N) is 1. The number of carboxylic acids is 1. The van der Waals surface area contributed by atoms with Gasteiger partial charge in [0.05, 0.1) is 5.56 Å². The van der Waals surface area contributed by atoms with Crippen LogP contribution < -0.4 is 5.32 Å². The third-order valence-electron chi connectivity index (χ3n) is 6.65. The van der Waals surface area contributed by atoms with Crippen molar-refractivity contribution in [1.29, 1.82) is 0 Å². The average Bonchev–Trinajstić information content (AvgIpc) is 3.49. The lowest BCUT2D eigenvalue weighted by atomic mass is 9.98. The number of halogens is 3. The molecule has 1 unspecified atom stereocenters. The first kappa shape index (κ1) is 25.1. The Balaban J connectivity index is 1.26. The summed E-state index contributed by atoms with van der Waals surface area (Å²) in [6.07, 6.45) is -3.82. The Hall–Kier alpha value is -4.53. The topological polar surface area (TPSA) is 80.6 Å². The van der Waals surface area contributed by atoms with Crippen LogP contribution in [-0.4, -0.2) is 34.4 Å². The largest absolute Gasteiger partial charge is 0.480 e. The van der Waals surface area contributed by atoms with Gasteiger partial charge in [-0.05, 0) is 58.7 Å². The number of aliphatic carboxylic acids is 1. The van der Waals surface area contributed by atoms with Gasteiger partial charge in [-0.1, -0.05) is 48.5 Å². The molecule has 1 aliphatic rings. The van der Waals surface area contributed by atoms with Gasteiger partial charge >= 0.3 is 18.2 Å². The van der Waals surface area contributed by atoms with E-state index in [1.54, 1.807) is 22.9 Å². The van der Waals surface area contributed by atoms with Gasteiger partial charge in [-0.3, -0.25) is 0 Å². The maximum absolute atomic E-state index is 12.9. The number of benzene rings is 3. The van der Waals surface area contributed by atoms with Crippen molar-refractivity contribution in [2.45, 2.75) is 24.6 Å². The quantitative estimate of drug-likeness (QED) is 0.312. The van der Waals surface area contributed by atoms with Crippen molar-refractivity contribution in [3.05, 3.63) is 114 Å². The van der Waals surface area contributed by atoms with E-state index in [4.69, 9.17) is 4.74 Å². The normalized spacial score (nSPS) is 13.4. The van der Waals surface area contributed by atoms with Gasteiger partial charge in [0.15, 0.2) is 0 Å². The van der Waals surface area contributed by atoms with Gasteiger partial charge in [0.1, 0.15) is 12.6 Å². The third kappa shape index (κ3) is 5.00. The molecule has 6 nitrogen and oxygen atoms in total. The summed E-state index contributed by atoms with van der Waals surface area (Å²) in [6.45, 7) is 0.0358. The Bertz CT molecular complexity index is 1430. The number of fused-ring (bicyclic) bond motifs is 3. The van der Waals surface area contributed by atoms with E-state index in [0.29, 0.717) is 11.4 Å². The number of aromatic nitrogens is 1. The van der Waals surface area contributed by atoms with Crippen molar-refractivity contribution >= 4 is 12.1 Å². The van der Waals surface area contributed by atoms with Gasteiger partial charge in [0.25, 0.3) is 0 Å². The molecule has 1 aliphatic carbocycles. The van der Waals surface area contributed by atoms with Crippen LogP contribution in [0.2, 0.25) is 0 Å². The number of carboxylic acid groups (broad SMARTS) is 1. The second kappa shape index (κ2) is 10.1. The van der Waals surface area contributed by atoms with Crippen LogP contribution in [0.5, 0.6) is 0 Å². The Labute approximate surface area is 216 Å². The van der Waals surface area contributed by atoms with Crippen LogP contribution in [0.3, 0.4) is 0 Å². The summed E-state index contributed by atoms with van der Waals surface area (Å²) in [5.41, 5.74) is 4.36. The van der Waals surface area contributed by atoms with Gasteiger partial charge < -0.3 is 19.7 Å². The molecule has 0 saturated carbocycles. The Morgan fingerprint density at radius 2 is 1.50 bits per heavy atom. The lowest BCUT2D eigenvalue weighted by Gasteiger charge is -2.18. The van der Waals surface area contributed by atoms with Crippen molar-refractivity contribution < 1.29 is 32.6 Å². The fourth-order valence-electron chi connectivity index (χ4n) is 4.84. The van der Waals surface area contributed by atoms with Crippen LogP contribution in [0.25, 0.3) is 16.8 Å². The van der Waals surface area contributed by atoms with Gasteiger partial charge in [0.2, 0.25) is 0 Å². The lowest BCUT2D eigenvalue weighted by Crippen LogP contribution is -2.43. The zero-order valence-corrected chi connectivity index (χ0v) is 20.0. The predicted octanol–water partition coefficient (Wildman–Crippen LogP) is 6.03. The van der Waals surface area contributed by atoms with Crippen LogP contribution in [0.1, 0.15) is 28.3 Å². The van der Waals surface area contributed by atoms with Crippen molar-refractivity contribution in [2.75, 3.05) is 6.61 Å². The molecule has 0 spiro atoms. The summed E-state index contributed by atoms with van der Waals surface area (Å²) in [7, 11) is 0. The first-order valence-electron chi connectivity index (χ1n) is 11.9. The second-order valence-electron chi connectivity index (χ2n) is 8.98. The summed E-state index contributed by atoms with van der Waals surface area (Å²) in [5.74, 6) is -1.44. The standard InChI is InChI=1S/C29H23F3N2O4/c30-29(31,32)18-11-13-19(14-12-18)34-15-5-6-20(34)16-26(27(35)36)33-28(37)38-17-25-23-9-3-1-7-21(23)22-8-2-4-10-24(22)25/h1-15,25-26H,16-17H2,(H,33,37)(H,35,36). The van der Waals surface area contributed by atoms with Crippen molar-refractivity contribution in [3.63, 3.8) is 0 Å². The first-order valence-corrected chi connectivity index (χ1v) is 11.9. The second-order valence-corrected chi connectivity index (χ2v) is 8.98. The smallest absolute Gasteiger partial charge is 0.416 e. The minimum absolute atomic E-state index is 0.0358. The molecule has 1 amide bonds. The summed E-state index contributed by atoms with van der Waals surface area (Å²) in [6, 6.07) is 22.3. The van der Waals surface area contributed by atoms with Gasteiger partial charge in [0, 0.05) is 29.9 Å². The summed E-state index contributed by atoms with van der Waals surface area (Å²) in [4.78, 5) is 24.6. The molecule has 1 aromatic heterocycles. The molecule has 0 radical (unpaired) electrons. The fourth-order valence-corrected chi connectivity index (χ4v) is 4.84. The van der Waals surface area contributed by atoms with Crippen molar-refractivity contribution in [2.24, 2.45) is 0 Å².